The molecule has 3 nitrogen and oxygen atoms in total. The zero-order valence-electron chi connectivity index (χ0n) is 6.03. The van der Waals surface area contributed by atoms with Gasteiger partial charge in [-0.1, -0.05) is 18.7 Å². The van der Waals surface area contributed by atoms with Gasteiger partial charge in [0.15, 0.2) is 0 Å². The van der Waals surface area contributed by atoms with Crippen LogP contribution in [0, 0.1) is 0 Å². The number of thioether (sulfide) groups is 1. The molecule has 0 spiro atoms. The number of nitrogens with zero attached hydrogens (tertiary/aromatic N) is 3. The van der Waals surface area contributed by atoms with Crippen molar-refractivity contribution in [2.75, 3.05) is 6.26 Å². The Morgan fingerprint density at radius 3 is 2.70 bits per heavy atom. The maximum absolute atomic E-state index is 4.06. The van der Waals surface area contributed by atoms with E-state index in [0.717, 1.165) is 17.3 Å². The van der Waals surface area contributed by atoms with Crippen LogP contribution < -0.4 is 0 Å². The molecule has 0 aliphatic heterocycles. The lowest BCUT2D eigenvalue weighted by molar-refractivity contribution is 0.789. The number of rotatable bonds is 2. The lowest BCUT2D eigenvalue weighted by Crippen LogP contribution is -1.94. The van der Waals surface area contributed by atoms with Gasteiger partial charge in [0, 0.05) is 0 Å². The number of aromatic nitrogens is 3. The summed E-state index contributed by atoms with van der Waals surface area (Å²) in [6, 6.07) is 0. The lowest BCUT2D eigenvalue weighted by atomic mass is 10.4. The van der Waals surface area contributed by atoms with Crippen LogP contribution in [0.4, 0.5) is 0 Å². The summed E-state index contributed by atoms with van der Waals surface area (Å²) in [5.41, 5.74) is 0.942. The molecule has 1 aromatic rings. The monoisotopic (exact) mass is 155 g/mol. The fourth-order valence-corrected chi connectivity index (χ4v) is 0.824. The van der Waals surface area contributed by atoms with Crippen molar-refractivity contribution in [3.63, 3.8) is 0 Å². The quantitative estimate of drug-likeness (QED) is 0.601. The average molecular weight is 155 g/mol. The summed E-state index contributed by atoms with van der Waals surface area (Å²) in [7, 11) is 0. The number of hydrogen-bond donors (Lipinski definition) is 0. The first-order valence-corrected chi connectivity index (χ1v) is 4.32. The molecular formula is C6H9N3S. The Hall–Kier alpha value is -0.640. The summed E-state index contributed by atoms with van der Waals surface area (Å²) in [6.45, 7) is 2.03. The third kappa shape index (κ3) is 1.67. The second kappa shape index (κ2) is 3.51. The minimum atomic E-state index is 0.734. The minimum absolute atomic E-state index is 0.734. The molecule has 0 fully saturated rings. The standard InChI is InChI=1S/C6H9N3S/c1-3-5-4-7-6(10-2)9-8-5/h4H,3H2,1-2H3. The summed E-state index contributed by atoms with van der Waals surface area (Å²) >= 11 is 1.50. The van der Waals surface area contributed by atoms with Gasteiger partial charge in [-0.05, 0) is 12.7 Å². The van der Waals surface area contributed by atoms with Gasteiger partial charge in [-0.25, -0.2) is 4.98 Å². The molecule has 0 unspecified atom stereocenters. The van der Waals surface area contributed by atoms with E-state index in [1.807, 2.05) is 13.2 Å². The van der Waals surface area contributed by atoms with Gasteiger partial charge in [0.05, 0.1) is 11.9 Å². The van der Waals surface area contributed by atoms with E-state index in [-0.39, 0.29) is 0 Å². The molecule has 0 N–H and O–H groups in total. The van der Waals surface area contributed by atoms with E-state index in [4.69, 9.17) is 0 Å². The Kier molecular flexibility index (Phi) is 2.62. The molecule has 0 amide bonds. The van der Waals surface area contributed by atoms with E-state index in [1.165, 1.54) is 11.8 Å². The van der Waals surface area contributed by atoms with E-state index in [2.05, 4.69) is 15.2 Å². The third-order valence-corrected chi connectivity index (χ3v) is 1.69. The first-order valence-electron chi connectivity index (χ1n) is 3.09. The van der Waals surface area contributed by atoms with Crippen molar-refractivity contribution in [1.29, 1.82) is 0 Å². The Balaban J connectivity index is 2.80. The minimum Gasteiger partial charge on any atom is -0.228 e. The van der Waals surface area contributed by atoms with Crippen molar-refractivity contribution in [3.05, 3.63) is 11.9 Å². The topological polar surface area (TPSA) is 38.7 Å². The molecule has 0 atom stereocenters. The molecule has 1 heterocycles. The Morgan fingerprint density at radius 1 is 1.50 bits per heavy atom. The highest BCUT2D eigenvalue weighted by atomic mass is 32.2. The first kappa shape index (κ1) is 7.47. The van der Waals surface area contributed by atoms with Gasteiger partial charge in [-0.3, -0.25) is 0 Å². The van der Waals surface area contributed by atoms with Crippen molar-refractivity contribution in [1.82, 2.24) is 15.2 Å². The Morgan fingerprint density at radius 2 is 2.30 bits per heavy atom. The Bertz CT molecular complexity index is 174. The molecule has 0 saturated heterocycles. The molecule has 0 bridgehead atoms. The number of aryl methyl sites for hydroxylation is 1. The smallest absolute Gasteiger partial charge is 0.208 e. The zero-order chi connectivity index (χ0) is 7.40. The second-order valence-corrected chi connectivity index (χ2v) is 2.56. The van der Waals surface area contributed by atoms with Crippen LogP contribution in [-0.4, -0.2) is 21.4 Å². The van der Waals surface area contributed by atoms with Crippen LogP contribution in [0.5, 0.6) is 0 Å². The van der Waals surface area contributed by atoms with E-state index in [9.17, 15) is 0 Å². The van der Waals surface area contributed by atoms with Crippen LogP contribution in [0.1, 0.15) is 12.6 Å². The van der Waals surface area contributed by atoms with Crippen LogP contribution >= 0.6 is 11.8 Å². The van der Waals surface area contributed by atoms with Gasteiger partial charge in [-0.2, -0.15) is 5.10 Å². The van der Waals surface area contributed by atoms with Crippen LogP contribution in [0.25, 0.3) is 0 Å². The normalized spacial score (nSPS) is 9.80. The molecule has 0 aliphatic rings. The molecule has 0 radical (unpaired) electrons. The van der Waals surface area contributed by atoms with Crippen LogP contribution in [-0.2, 0) is 6.42 Å². The van der Waals surface area contributed by atoms with Crippen LogP contribution in [0.15, 0.2) is 11.4 Å². The van der Waals surface area contributed by atoms with Crippen LogP contribution in [0.2, 0.25) is 0 Å². The van der Waals surface area contributed by atoms with Crippen molar-refractivity contribution in [3.8, 4) is 0 Å². The predicted octanol–water partition coefficient (Wildman–Crippen LogP) is 1.16. The molecule has 0 saturated carbocycles. The first-order chi connectivity index (χ1) is 4.86. The van der Waals surface area contributed by atoms with Gasteiger partial charge in [-0.15, -0.1) is 5.10 Å². The molecule has 10 heavy (non-hydrogen) atoms. The van der Waals surface area contributed by atoms with E-state index < -0.39 is 0 Å². The van der Waals surface area contributed by atoms with E-state index in [1.54, 1.807) is 6.20 Å². The average Bonchev–Trinajstić information content (AvgIpc) is 2.05. The maximum atomic E-state index is 4.06. The highest BCUT2D eigenvalue weighted by Crippen LogP contribution is 2.04. The summed E-state index contributed by atoms with van der Waals surface area (Å²) in [4.78, 5) is 4.06. The van der Waals surface area contributed by atoms with Gasteiger partial charge in [0.25, 0.3) is 0 Å². The Labute approximate surface area is 64.3 Å². The van der Waals surface area contributed by atoms with Crippen molar-refractivity contribution in [2.24, 2.45) is 0 Å². The fourth-order valence-electron chi connectivity index (χ4n) is 0.544. The summed E-state index contributed by atoms with van der Waals surface area (Å²) < 4.78 is 0. The third-order valence-electron chi connectivity index (χ3n) is 1.13. The van der Waals surface area contributed by atoms with Gasteiger partial charge < -0.3 is 0 Å². The zero-order valence-corrected chi connectivity index (χ0v) is 6.85. The molecular weight excluding hydrogens is 146 g/mol. The van der Waals surface area contributed by atoms with Gasteiger partial charge in [0.1, 0.15) is 0 Å². The second-order valence-electron chi connectivity index (χ2n) is 1.79. The molecule has 0 aromatic carbocycles. The highest BCUT2D eigenvalue weighted by Gasteiger charge is 1.93. The lowest BCUT2D eigenvalue weighted by Gasteiger charge is -1.93. The van der Waals surface area contributed by atoms with E-state index in [0.29, 0.717) is 0 Å². The van der Waals surface area contributed by atoms with Gasteiger partial charge >= 0.3 is 0 Å². The SMILES string of the molecule is CCc1cnc(SC)nn1. The van der Waals surface area contributed by atoms with Crippen molar-refractivity contribution >= 4 is 11.8 Å². The molecule has 4 heteroatoms. The van der Waals surface area contributed by atoms with Crippen molar-refractivity contribution < 1.29 is 0 Å². The summed E-state index contributed by atoms with van der Waals surface area (Å²) in [5.74, 6) is 0. The molecule has 0 aliphatic carbocycles. The predicted molar refractivity (Wildman–Crippen MR) is 41.0 cm³/mol. The summed E-state index contributed by atoms with van der Waals surface area (Å²) in [5, 5.41) is 8.54. The summed E-state index contributed by atoms with van der Waals surface area (Å²) in [6.07, 6.45) is 4.59. The molecule has 1 aromatic heterocycles. The maximum Gasteiger partial charge on any atom is 0.208 e. The highest BCUT2D eigenvalue weighted by molar-refractivity contribution is 7.98. The molecule has 1 rings (SSSR count). The van der Waals surface area contributed by atoms with E-state index >= 15 is 0 Å². The van der Waals surface area contributed by atoms with Crippen molar-refractivity contribution in [2.45, 2.75) is 18.5 Å². The largest absolute Gasteiger partial charge is 0.228 e. The van der Waals surface area contributed by atoms with Crippen LogP contribution in [0.3, 0.4) is 0 Å². The van der Waals surface area contributed by atoms with Gasteiger partial charge in [0.2, 0.25) is 5.16 Å². The fraction of sp³-hybridized carbons (Fsp3) is 0.500. The number of hydrogen-bond acceptors (Lipinski definition) is 4. The molecule has 54 valence electrons.